The number of hydrogen-bond donors (Lipinski definition) is 0. The van der Waals surface area contributed by atoms with E-state index in [2.05, 4.69) is 195 Å². The van der Waals surface area contributed by atoms with Gasteiger partial charge in [0, 0.05) is 32.1 Å². The van der Waals surface area contributed by atoms with Gasteiger partial charge in [-0.25, -0.2) is 0 Å². The van der Waals surface area contributed by atoms with Gasteiger partial charge >= 0.3 is 0 Å². The molecule has 250 valence electrons. The van der Waals surface area contributed by atoms with E-state index < -0.39 is 0 Å². The molecule has 1 aromatic heterocycles. The Morgan fingerprint density at radius 2 is 1.04 bits per heavy atom. The van der Waals surface area contributed by atoms with Crippen molar-refractivity contribution in [2.24, 2.45) is 0 Å². The first-order valence-corrected chi connectivity index (χ1v) is 19.3. The minimum absolute atomic E-state index is 0.100. The first-order valence-electron chi connectivity index (χ1n) is 18.4. The summed E-state index contributed by atoms with van der Waals surface area (Å²) in [7, 11) is 0. The molecule has 1 nitrogen and oxygen atoms in total. The molecule has 0 amide bonds. The van der Waals surface area contributed by atoms with Crippen LogP contribution in [0.1, 0.15) is 25.0 Å². The Balaban J connectivity index is 1.17. The third kappa shape index (κ3) is 4.43. The van der Waals surface area contributed by atoms with Gasteiger partial charge in [-0.2, -0.15) is 0 Å². The van der Waals surface area contributed by atoms with E-state index in [0.717, 1.165) is 5.69 Å². The second-order valence-electron chi connectivity index (χ2n) is 14.9. The van der Waals surface area contributed by atoms with Crippen LogP contribution < -0.4 is 4.90 Å². The summed E-state index contributed by atoms with van der Waals surface area (Å²) in [5.41, 5.74) is 11.3. The first-order chi connectivity index (χ1) is 26.1. The lowest BCUT2D eigenvalue weighted by Crippen LogP contribution is -2.16. The van der Waals surface area contributed by atoms with Gasteiger partial charge in [-0.3, -0.25) is 0 Å². The number of nitrogens with zero attached hydrogens (tertiary/aromatic N) is 1. The van der Waals surface area contributed by atoms with Gasteiger partial charge in [-0.05, 0) is 90.5 Å². The molecule has 9 aromatic carbocycles. The van der Waals surface area contributed by atoms with Crippen molar-refractivity contribution in [2.45, 2.75) is 19.3 Å². The molecule has 53 heavy (non-hydrogen) atoms. The molecule has 0 unspecified atom stereocenters. The molecule has 0 saturated carbocycles. The summed E-state index contributed by atoms with van der Waals surface area (Å²) in [4.78, 5) is 2.53. The monoisotopic (exact) mass is 693 g/mol. The molecule has 1 aliphatic carbocycles. The summed E-state index contributed by atoms with van der Waals surface area (Å²) in [6.45, 7) is 4.73. The second kappa shape index (κ2) is 11.4. The molecular formula is C51H35NS. The zero-order valence-corrected chi connectivity index (χ0v) is 30.4. The van der Waals surface area contributed by atoms with Crippen LogP contribution in [0.4, 0.5) is 17.1 Å². The smallest absolute Gasteiger partial charge is 0.0640 e. The Kier molecular flexibility index (Phi) is 6.53. The Bertz CT molecular complexity index is 3090. The molecule has 11 rings (SSSR count). The zero-order chi connectivity index (χ0) is 35.3. The van der Waals surface area contributed by atoms with Crippen molar-refractivity contribution < 1.29 is 0 Å². The van der Waals surface area contributed by atoms with Gasteiger partial charge in [0.2, 0.25) is 0 Å². The highest BCUT2D eigenvalue weighted by atomic mass is 32.1. The van der Waals surface area contributed by atoms with E-state index in [0.29, 0.717) is 0 Å². The van der Waals surface area contributed by atoms with Gasteiger partial charge in [0.25, 0.3) is 0 Å². The van der Waals surface area contributed by atoms with Crippen molar-refractivity contribution in [3.05, 3.63) is 187 Å². The second-order valence-corrected chi connectivity index (χ2v) is 15.9. The van der Waals surface area contributed by atoms with Crippen molar-refractivity contribution in [2.75, 3.05) is 4.90 Å². The number of benzene rings is 9. The molecule has 1 aliphatic rings. The molecule has 0 N–H and O–H groups in total. The number of rotatable bonds is 4. The molecule has 1 heterocycles. The molecule has 0 atom stereocenters. The molecule has 10 aromatic rings. The Morgan fingerprint density at radius 3 is 1.89 bits per heavy atom. The third-order valence-corrected chi connectivity index (χ3v) is 12.9. The fourth-order valence-electron chi connectivity index (χ4n) is 9.10. The van der Waals surface area contributed by atoms with E-state index in [1.165, 1.54) is 97.2 Å². The Labute approximate surface area is 313 Å². The standard InChI is InChI=1S/C51H35NS/c1-51(2)44-21-10-9-19-42(44)48-45(51)22-12-23-46(48)52(47-24-11-20-40-41-30-27-32-13-3-6-16-37(32)49(41)53-50(40)47)35-28-25-33(26-29-35)43-31-34-14-4-5-15-36(34)38-17-7-8-18-39(38)43/h3-31H,1-2H3. The lowest BCUT2D eigenvalue weighted by atomic mass is 9.82. The molecule has 0 radical (unpaired) electrons. The quantitative estimate of drug-likeness (QED) is 0.166. The predicted octanol–water partition coefficient (Wildman–Crippen LogP) is 15.0. The fourth-order valence-corrected chi connectivity index (χ4v) is 10.4. The Morgan fingerprint density at radius 1 is 0.415 bits per heavy atom. The number of anilines is 3. The molecule has 2 heteroatoms. The van der Waals surface area contributed by atoms with Gasteiger partial charge in [-0.15, -0.1) is 11.3 Å². The average molecular weight is 694 g/mol. The van der Waals surface area contributed by atoms with Crippen LogP contribution in [-0.4, -0.2) is 0 Å². The maximum atomic E-state index is 2.53. The largest absolute Gasteiger partial charge is 0.308 e. The van der Waals surface area contributed by atoms with Gasteiger partial charge in [0.05, 0.1) is 16.1 Å². The van der Waals surface area contributed by atoms with Gasteiger partial charge in [0.15, 0.2) is 0 Å². The number of fused-ring (bicyclic) bond motifs is 11. The van der Waals surface area contributed by atoms with Crippen LogP contribution in [0.5, 0.6) is 0 Å². The SMILES string of the molecule is CC1(C)c2ccccc2-c2c(N(c3ccc(-c4cc5ccccc5c5ccccc45)cc3)c3cccc4c3sc3c5ccccc5ccc43)cccc21. The van der Waals surface area contributed by atoms with Crippen molar-refractivity contribution >= 4 is 80.9 Å². The van der Waals surface area contributed by atoms with E-state index in [1.54, 1.807) is 0 Å². The molecule has 0 bridgehead atoms. The molecule has 0 aliphatic heterocycles. The maximum Gasteiger partial charge on any atom is 0.0640 e. The Hall–Kier alpha value is -6.22. The normalized spacial score (nSPS) is 13.2. The highest BCUT2D eigenvalue weighted by Crippen LogP contribution is 2.55. The minimum Gasteiger partial charge on any atom is -0.308 e. The summed E-state index contributed by atoms with van der Waals surface area (Å²) in [5.74, 6) is 0. The summed E-state index contributed by atoms with van der Waals surface area (Å²) < 4.78 is 2.64. The summed E-state index contributed by atoms with van der Waals surface area (Å²) in [6.07, 6.45) is 0. The average Bonchev–Trinajstić information content (AvgIpc) is 3.71. The van der Waals surface area contributed by atoms with E-state index >= 15 is 0 Å². The molecular weight excluding hydrogens is 659 g/mol. The number of thiophene rings is 1. The van der Waals surface area contributed by atoms with Crippen molar-refractivity contribution in [1.29, 1.82) is 0 Å². The fraction of sp³-hybridized carbons (Fsp3) is 0.0588. The van der Waals surface area contributed by atoms with E-state index in [9.17, 15) is 0 Å². The first kappa shape index (κ1) is 30.4. The predicted molar refractivity (Wildman–Crippen MR) is 230 cm³/mol. The van der Waals surface area contributed by atoms with E-state index in [1.807, 2.05) is 11.3 Å². The molecule has 0 fully saturated rings. The van der Waals surface area contributed by atoms with Crippen LogP contribution in [0.3, 0.4) is 0 Å². The van der Waals surface area contributed by atoms with Crippen molar-refractivity contribution in [3.63, 3.8) is 0 Å². The van der Waals surface area contributed by atoms with Crippen LogP contribution in [0, 0.1) is 0 Å². The molecule has 0 saturated heterocycles. The van der Waals surface area contributed by atoms with Crippen LogP contribution in [0.2, 0.25) is 0 Å². The summed E-state index contributed by atoms with van der Waals surface area (Å²) >= 11 is 1.91. The third-order valence-electron chi connectivity index (χ3n) is 11.6. The highest BCUT2D eigenvalue weighted by Gasteiger charge is 2.38. The summed E-state index contributed by atoms with van der Waals surface area (Å²) in [5, 5.41) is 10.3. The van der Waals surface area contributed by atoms with Gasteiger partial charge in [-0.1, -0.05) is 159 Å². The zero-order valence-electron chi connectivity index (χ0n) is 29.6. The highest BCUT2D eigenvalue weighted by molar-refractivity contribution is 7.27. The van der Waals surface area contributed by atoms with Crippen LogP contribution in [0.25, 0.3) is 74.7 Å². The van der Waals surface area contributed by atoms with Crippen LogP contribution >= 0.6 is 11.3 Å². The lowest BCUT2D eigenvalue weighted by Gasteiger charge is -2.29. The van der Waals surface area contributed by atoms with Crippen molar-refractivity contribution in [1.82, 2.24) is 0 Å². The topological polar surface area (TPSA) is 3.24 Å². The van der Waals surface area contributed by atoms with E-state index in [-0.39, 0.29) is 5.41 Å². The molecule has 0 spiro atoms. The summed E-state index contributed by atoms with van der Waals surface area (Å²) in [6, 6.07) is 65.3. The van der Waals surface area contributed by atoms with Crippen molar-refractivity contribution in [3.8, 4) is 22.3 Å². The van der Waals surface area contributed by atoms with Gasteiger partial charge < -0.3 is 4.90 Å². The van der Waals surface area contributed by atoms with Gasteiger partial charge in [0.1, 0.15) is 0 Å². The van der Waals surface area contributed by atoms with E-state index in [4.69, 9.17) is 0 Å². The van der Waals surface area contributed by atoms with Crippen LogP contribution in [-0.2, 0) is 5.41 Å². The van der Waals surface area contributed by atoms with Crippen LogP contribution in [0.15, 0.2) is 176 Å². The maximum absolute atomic E-state index is 2.53. The number of hydrogen-bond acceptors (Lipinski definition) is 2. The lowest BCUT2D eigenvalue weighted by molar-refractivity contribution is 0.660. The minimum atomic E-state index is -0.100.